The van der Waals surface area contributed by atoms with Gasteiger partial charge in [-0.15, -0.1) is 0 Å². The Balaban J connectivity index is 1.91. The molecule has 0 heterocycles. The first-order valence-corrected chi connectivity index (χ1v) is 9.69. The van der Waals surface area contributed by atoms with E-state index in [1.54, 1.807) is 12.1 Å². The number of ether oxygens (including phenoxy) is 1. The summed E-state index contributed by atoms with van der Waals surface area (Å²) in [6.45, 7) is 0. The topological polar surface area (TPSA) is 72.5 Å². The highest BCUT2D eigenvalue weighted by molar-refractivity contribution is 7.89. The zero-order valence-electron chi connectivity index (χ0n) is 13.4. The first kappa shape index (κ1) is 16.5. The van der Waals surface area contributed by atoms with Gasteiger partial charge in [0.1, 0.15) is 5.54 Å². The molecule has 1 aromatic rings. The maximum atomic E-state index is 12.8. The molecule has 0 aliphatic heterocycles. The van der Waals surface area contributed by atoms with Crippen LogP contribution in [0.15, 0.2) is 23.1 Å². The van der Waals surface area contributed by atoms with Crippen LogP contribution in [0.4, 0.5) is 0 Å². The fourth-order valence-corrected chi connectivity index (χ4v) is 5.19. The third kappa shape index (κ3) is 3.15. The van der Waals surface area contributed by atoms with Gasteiger partial charge in [-0.1, -0.05) is 25.3 Å². The van der Waals surface area contributed by atoms with Crippen LogP contribution in [0, 0.1) is 0 Å². The zero-order valence-corrected chi connectivity index (χ0v) is 14.2. The van der Waals surface area contributed by atoms with Crippen LogP contribution in [-0.2, 0) is 32.4 Å². The van der Waals surface area contributed by atoms with Crippen molar-refractivity contribution >= 4 is 16.0 Å². The van der Waals surface area contributed by atoms with Crippen LogP contribution in [0.25, 0.3) is 0 Å². The molecule has 0 spiro atoms. The molecule has 0 saturated heterocycles. The van der Waals surface area contributed by atoms with Gasteiger partial charge < -0.3 is 4.74 Å². The van der Waals surface area contributed by atoms with E-state index in [1.165, 1.54) is 12.7 Å². The van der Waals surface area contributed by atoms with E-state index in [0.29, 0.717) is 12.8 Å². The van der Waals surface area contributed by atoms with Crippen molar-refractivity contribution in [2.45, 2.75) is 61.8 Å². The van der Waals surface area contributed by atoms with Crippen LogP contribution >= 0.6 is 0 Å². The van der Waals surface area contributed by atoms with E-state index in [9.17, 15) is 13.2 Å². The van der Waals surface area contributed by atoms with Crippen molar-refractivity contribution in [3.05, 3.63) is 29.3 Å². The molecule has 0 aromatic heterocycles. The van der Waals surface area contributed by atoms with Crippen LogP contribution in [0.3, 0.4) is 0 Å². The number of fused-ring (bicyclic) bond motifs is 1. The lowest BCUT2D eigenvalue weighted by molar-refractivity contribution is -0.149. The van der Waals surface area contributed by atoms with Crippen molar-refractivity contribution in [1.82, 2.24) is 4.72 Å². The molecule has 6 heteroatoms. The Morgan fingerprint density at radius 1 is 1.09 bits per heavy atom. The maximum Gasteiger partial charge on any atom is 0.327 e. The molecule has 2 aliphatic rings. The third-order valence-electron chi connectivity index (χ3n) is 4.99. The number of carbonyl (C=O) groups excluding carboxylic acids is 1. The Hall–Kier alpha value is -1.40. The summed E-state index contributed by atoms with van der Waals surface area (Å²) in [5.41, 5.74) is 1.21. The first-order valence-electron chi connectivity index (χ1n) is 8.21. The van der Waals surface area contributed by atoms with Crippen molar-refractivity contribution in [2.24, 2.45) is 0 Å². The number of hydrogen-bond acceptors (Lipinski definition) is 4. The normalized spacial score (nSPS) is 20.0. The van der Waals surface area contributed by atoms with Gasteiger partial charge in [0.25, 0.3) is 0 Å². The highest BCUT2D eigenvalue weighted by Gasteiger charge is 2.44. The number of hydrogen-bond donors (Lipinski definition) is 1. The smallest absolute Gasteiger partial charge is 0.327 e. The zero-order chi connectivity index (χ0) is 16.5. The minimum absolute atomic E-state index is 0.243. The molecule has 0 atom stereocenters. The molecule has 1 N–H and O–H groups in total. The number of sulfonamides is 1. The second-order valence-electron chi connectivity index (χ2n) is 6.52. The largest absolute Gasteiger partial charge is 0.468 e. The van der Waals surface area contributed by atoms with Gasteiger partial charge in [0.15, 0.2) is 0 Å². The van der Waals surface area contributed by atoms with Gasteiger partial charge in [-0.2, -0.15) is 4.72 Å². The lowest BCUT2D eigenvalue weighted by atomic mass is 9.83. The molecule has 0 unspecified atom stereocenters. The van der Waals surface area contributed by atoms with Gasteiger partial charge in [0.2, 0.25) is 10.0 Å². The summed E-state index contributed by atoms with van der Waals surface area (Å²) in [7, 11) is -2.44. The van der Waals surface area contributed by atoms with Gasteiger partial charge in [0, 0.05) is 0 Å². The Kier molecular flexibility index (Phi) is 4.47. The van der Waals surface area contributed by atoms with Crippen molar-refractivity contribution in [3.8, 4) is 0 Å². The second-order valence-corrected chi connectivity index (χ2v) is 8.21. The fourth-order valence-electron chi connectivity index (χ4n) is 3.73. The van der Waals surface area contributed by atoms with E-state index in [1.807, 2.05) is 6.07 Å². The van der Waals surface area contributed by atoms with Gasteiger partial charge in [-0.05, 0) is 55.4 Å². The predicted molar refractivity (Wildman–Crippen MR) is 86.6 cm³/mol. The van der Waals surface area contributed by atoms with Gasteiger partial charge in [-0.3, -0.25) is 4.79 Å². The molecule has 23 heavy (non-hydrogen) atoms. The number of rotatable bonds is 4. The molecular formula is C17H23NO4S. The SMILES string of the molecule is COC(=O)C1(NS(=O)(=O)c2ccc3c(c2)CCC3)CCCCC1. The van der Waals surface area contributed by atoms with Gasteiger partial charge >= 0.3 is 5.97 Å². The first-order chi connectivity index (χ1) is 11.0. The van der Waals surface area contributed by atoms with Crippen LogP contribution < -0.4 is 4.72 Å². The van der Waals surface area contributed by atoms with Gasteiger partial charge in [-0.25, -0.2) is 8.42 Å². The quantitative estimate of drug-likeness (QED) is 0.856. The van der Waals surface area contributed by atoms with E-state index in [4.69, 9.17) is 4.74 Å². The monoisotopic (exact) mass is 337 g/mol. The lowest BCUT2D eigenvalue weighted by Crippen LogP contribution is -2.55. The molecule has 0 radical (unpaired) electrons. The number of carbonyl (C=O) groups is 1. The highest BCUT2D eigenvalue weighted by atomic mass is 32.2. The van der Waals surface area contributed by atoms with Crippen molar-refractivity contribution < 1.29 is 17.9 Å². The van der Waals surface area contributed by atoms with Crippen LogP contribution in [0.1, 0.15) is 49.7 Å². The Bertz CT molecular complexity index is 705. The van der Waals surface area contributed by atoms with Crippen molar-refractivity contribution in [2.75, 3.05) is 7.11 Å². The molecule has 0 amide bonds. The van der Waals surface area contributed by atoms with E-state index >= 15 is 0 Å². The Morgan fingerprint density at radius 3 is 2.48 bits per heavy atom. The van der Waals surface area contributed by atoms with Crippen LogP contribution in [-0.4, -0.2) is 27.0 Å². The number of benzene rings is 1. The summed E-state index contributed by atoms with van der Waals surface area (Å²) < 4.78 is 33.2. The van der Waals surface area contributed by atoms with Crippen molar-refractivity contribution in [3.63, 3.8) is 0 Å². The summed E-state index contributed by atoms with van der Waals surface area (Å²) in [5.74, 6) is -0.484. The average Bonchev–Trinajstić information content (AvgIpc) is 3.02. The molecule has 1 fully saturated rings. The summed E-state index contributed by atoms with van der Waals surface area (Å²) in [4.78, 5) is 12.5. The summed E-state index contributed by atoms with van der Waals surface area (Å²) in [6.07, 6.45) is 6.63. The maximum absolute atomic E-state index is 12.8. The molecule has 126 valence electrons. The summed E-state index contributed by atoms with van der Waals surface area (Å²) in [5, 5.41) is 0. The number of nitrogens with one attached hydrogen (secondary N) is 1. The third-order valence-corrected chi connectivity index (χ3v) is 6.53. The molecule has 5 nitrogen and oxygen atoms in total. The number of esters is 1. The summed E-state index contributed by atoms with van der Waals surface area (Å²) >= 11 is 0. The van der Waals surface area contributed by atoms with Crippen LogP contribution in [0.5, 0.6) is 0 Å². The molecule has 1 aromatic carbocycles. The molecule has 3 rings (SSSR count). The minimum Gasteiger partial charge on any atom is -0.468 e. The second kappa shape index (κ2) is 6.24. The average molecular weight is 337 g/mol. The predicted octanol–water partition coefficient (Wildman–Crippen LogP) is 2.33. The van der Waals surface area contributed by atoms with E-state index in [-0.39, 0.29) is 4.90 Å². The minimum atomic E-state index is -3.75. The van der Waals surface area contributed by atoms with Crippen LogP contribution in [0.2, 0.25) is 0 Å². The van der Waals surface area contributed by atoms with E-state index in [0.717, 1.165) is 44.1 Å². The van der Waals surface area contributed by atoms with E-state index in [2.05, 4.69) is 4.72 Å². The molecule has 2 aliphatic carbocycles. The summed E-state index contributed by atoms with van der Waals surface area (Å²) in [6, 6.07) is 5.28. The number of methoxy groups -OCH3 is 1. The van der Waals surface area contributed by atoms with E-state index < -0.39 is 21.5 Å². The molecule has 1 saturated carbocycles. The standard InChI is InChI=1S/C17H23NO4S/c1-22-16(19)17(10-3-2-4-11-17)18-23(20,21)15-9-8-13-6-5-7-14(13)12-15/h8-9,12,18H,2-7,10-11H2,1H3. The van der Waals surface area contributed by atoms with Crippen molar-refractivity contribution in [1.29, 1.82) is 0 Å². The number of aryl methyl sites for hydroxylation is 2. The fraction of sp³-hybridized carbons (Fsp3) is 0.588. The Labute approximate surface area is 137 Å². The molecular weight excluding hydrogens is 314 g/mol. The van der Waals surface area contributed by atoms with Gasteiger partial charge in [0.05, 0.1) is 12.0 Å². The Morgan fingerprint density at radius 2 is 1.78 bits per heavy atom. The lowest BCUT2D eigenvalue weighted by Gasteiger charge is -2.34. The molecule has 0 bridgehead atoms. The highest BCUT2D eigenvalue weighted by Crippen LogP contribution is 2.32.